The molecule has 0 aliphatic carbocycles. The molecule has 0 saturated heterocycles. The molecule has 1 aromatic carbocycles. The normalized spacial score (nSPS) is 11.7. The highest BCUT2D eigenvalue weighted by atomic mass is 16.5. The Morgan fingerprint density at radius 1 is 1.27 bits per heavy atom. The van der Waals surface area contributed by atoms with E-state index in [4.69, 9.17) is 9.26 Å². The number of benzene rings is 1. The number of amides is 1. The molecule has 1 heterocycles. The lowest BCUT2D eigenvalue weighted by atomic mass is 10.1. The Morgan fingerprint density at radius 2 is 2.00 bits per heavy atom. The number of aryl methyl sites for hydroxylation is 2. The fraction of sp³-hybridized carbons (Fsp3) is 0.368. The van der Waals surface area contributed by atoms with E-state index in [9.17, 15) is 14.4 Å². The molecule has 0 aliphatic rings. The molecule has 1 atom stereocenters. The molecular formula is C19H22N2O5. The summed E-state index contributed by atoms with van der Waals surface area (Å²) in [6.07, 6.45) is -0.386. The molecule has 0 unspecified atom stereocenters. The van der Waals surface area contributed by atoms with Gasteiger partial charge >= 0.3 is 5.97 Å². The van der Waals surface area contributed by atoms with Gasteiger partial charge in [-0.3, -0.25) is 14.4 Å². The Balaban J connectivity index is 1.87. The summed E-state index contributed by atoms with van der Waals surface area (Å²) < 4.78 is 10.2. The molecule has 0 bridgehead atoms. The van der Waals surface area contributed by atoms with Gasteiger partial charge in [0.25, 0.3) is 5.91 Å². The monoisotopic (exact) mass is 358 g/mol. The van der Waals surface area contributed by atoms with Gasteiger partial charge in [-0.2, -0.15) is 0 Å². The van der Waals surface area contributed by atoms with Crippen molar-refractivity contribution in [2.24, 2.45) is 0 Å². The molecule has 0 spiro atoms. The number of ether oxygens (including phenoxy) is 1. The predicted molar refractivity (Wildman–Crippen MR) is 94.9 cm³/mol. The van der Waals surface area contributed by atoms with Crippen molar-refractivity contribution in [3.8, 4) is 0 Å². The van der Waals surface area contributed by atoms with E-state index in [1.165, 1.54) is 13.8 Å². The summed E-state index contributed by atoms with van der Waals surface area (Å²) >= 11 is 0. The lowest BCUT2D eigenvalue weighted by Crippen LogP contribution is -2.30. The van der Waals surface area contributed by atoms with Gasteiger partial charge in [0.05, 0.1) is 5.69 Å². The summed E-state index contributed by atoms with van der Waals surface area (Å²) in [7, 11) is 0. The van der Waals surface area contributed by atoms with Crippen LogP contribution in [0.5, 0.6) is 0 Å². The van der Waals surface area contributed by atoms with E-state index in [2.05, 4.69) is 10.5 Å². The molecule has 1 N–H and O–H groups in total. The number of rotatable bonds is 7. The number of Topliss-reactive ketones (excluding diaryl/α,β-unsaturated/α-hetero) is 1. The van der Waals surface area contributed by atoms with E-state index in [0.29, 0.717) is 23.4 Å². The summed E-state index contributed by atoms with van der Waals surface area (Å²) in [5.74, 6) is -0.368. The van der Waals surface area contributed by atoms with E-state index in [1.807, 2.05) is 6.92 Å². The molecule has 0 fully saturated rings. The number of hydrogen-bond donors (Lipinski definition) is 1. The third-order valence-corrected chi connectivity index (χ3v) is 3.97. The Hall–Kier alpha value is -2.96. The molecule has 2 rings (SSSR count). The standard InChI is InChI=1S/C19H22N2O5/c1-11-17(13(3)26-21-11)8-9-18(23)25-14(4)19(24)20-16-7-5-6-15(10-16)12(2)22/h5-7,10,14H,8-9H2,1-4H3,(H,20,24)/t14-/m0/s1. The van der Waals surface area contributed by atoms with Gasteiger partial charge in [0, 0.05) is 23.2 Å². The average molecular weight is 358 g/mol. The van der Waals surface area contributed by atoms with Crippen LogP contribution in [0.3, 0.4) is 0 Å². The highest BCUT2D eigenvalue weighted by molar-refractivity contribution is 5.98. The van der Waals surface area contributed by atoms with Crippen molar-refractivity contribution in [3.63, 3.8) is 0 Å². The molecule has 26 heavy (non-hydrogen) atoms. The first-order valence-electron chi connectivity index (χ1n) is 8.31. The Labute approximate surface area is 151 Å². The predicted octanol–water partition coefficient (Wildman–Crippen LogP) is 3.00. The smallest absolute Gasteiger partial charge is 0.306 e. The van der Waals surface area contributed by atoms with Gasteiger partial charge in [0.2, 0.25) is 0 Å². The fourth-order valence-electron chi connectivity index (χ4n) is 2.46. The van der Waals surface area contributed by atoms with Gasteiger partial charge in [0.15, 0.2) is 11.9 Å². The molecule has 2 aromatic rings. The van der Waals surface area contributed by atoms with Crippen LogP contribution in [0.2, 0.25) is 0 Å². The van der Waals surface area contributed by atoms with Crippen LogP contribution in [0.15, 0.2) is 28.8 Å². The third-order valence-electron chi connectivity index (χ3n) is 3.97. The van der Waals surface area contributed by atoms with E-state index in [1.54, 1.807) is 31.2 Å². The van der Waals surface area contributed by atoms with Crippen molar-refractivity contribution in [2.75, 3.05) is 5.32 Å². The summed E-state index contributed by atoms with van der Waals surface area (Å²) in [6, 6.07) is 6.57. The van der Waals surface area contributed by atoms with Crippen molar-refractivity contribution in [1.82, 2.24) is 5.16 Å². The van der Waals surface area contributed by atoms with E-state index >= 15 is 0 Å². The van der Waals surface area contributed by atoms with Crippen LogP contribution in [0.4, 0.5) is 5.69 Å². The van der Waals surface area contributed by atoms with Gasteiger partial charge in [-0.1, -0.05) is 17.3 Å². The molecule has 0 aliphatic heterocycles. The molecule has 1 aromatic heterocycles. The van der Waals surface area contributed by atoms with Crippen LogP contribution in [0.1, 0.15) is 47.6 Å². The maximum Gasteiger partial charge on any atom is 0.306 e. The van der Waals surface area contributed by atoms with E-state index in [0.717, 1.165) is 11.3 Å². The minimum Gasteiger partial charge on any atom is -0.453 e. The summed E-state index contributed by atoms with van der Waals surface area (Å²) in [4.78, 5) is 35.5. The molecular weight excluding hydrogens is 336 g/mol. The number of hydrogen-bond acceptors (Lipinski definition) is 6. The minimum atomic E-state index is -0.951. The summed E-state index contributed by atoms with van der Waals surface area (Å²) in [6.45, 7) is 6.54. The van der Waals surface area contributed by atoms with Crippen molar-refractivity contribution in [2.45, 2.75) is 46.6 Å². The molecule has 1 amide bonds. The van der Waals surface area contributed by atoms with E-state index < -0.39 is 18.0 Å². The fourth-order valence-corrected chi connectivity index (χ4v) is 2.46. The number of aromatic nitrogens is 1. The van der Waals surface area contributed by atoms with Gasteiger partial charge < -0.3 is 14.6 Å². The lowest BCUT2D eigenvalue weighted by molar-refractivity contribution is -0.153. The first-order valence-corrected chi connectivity index (χ1v) is 8.31. The number of anilines is 1. The molecule has 7 nitrogen and oxygen atoms in total. The first-order chi connectivity index (χ1) is 12.3. The third kappa shape index (κ3) is 5.02. The van der Waals surface area contributed by atoms with Crippen LogP contribution in [-0.4, -0.2) is 28.9 Å². The topological polar surface area (TPSA) is 98.5 Å². The van der Waals surface area contributed by atoms with Gasteiger partial charge in [-0.25, -0.2) is 0 Å². The molecule has 0 radical (unpaired) electrons. The maximum absolute atomic E-state index is 12.2. The number of nitrogens with one attached hydrogen (secondary N) is 1. The average Bonchev–Trinajstić information content (AvgIpc) is 2.91. The lowest BCUT2D eigenvalue weighted by Gasteiger charge is -2.14. The zero-order valence-corrected chi connectivity index (χ0v) is 15.3. The number of ketones is 1. The number of esters is 1. The van der Waals surface area contributed by atoms with E-state index in [-0.39, 0.29) is 12.2 Å². The number of carbonyl (C=O) groups is 3. The molecule has 0 saturated carbocycles. The molecule has 138 valence electrons. The second-order valence-corrected chi connectivity index (χ2v) is 6.06. The highest BCUT2D eigenvalue weighted by Crippen LogP contribution is 2.15. The van der Waals surface area contributed by atoms with Gasteiger partial charge in [-0.05, 0) is 46.2 Å². The Morgan fingerprint density at radius 3 is 2.62 bits per heavy atom. The Kier molecular flexibility index (Phi) is 6.27. The van der Waals surface area contributed by atoms with Crippen LogP contribution in [0, 0.1) is 13.8 Å². The summed E-state index contributed by atoms with van der Waals surface area (Å²) in [5.41, 5.74) is 2.58. The van der Waals surface area contributed by atoms with Crippen molar-refractivity contribution < 1.29 is 23.6 Å². The Bertz CT molecular complexity index is 806. The number of nitrogens with zero attached hydrogens (tertiary/aromatic N) is 1. The van der Waals surface area contributed by atoms with Gasteiger partial charge in [0.1, 0.15) is 5.76 Å². The van der Waals surface area contributed by atoms with Crippen molar-refractivity contribution in [1.29, 1.82) is 0 Å². The highest BCUT2D eigenvalue weighted by Gasteiger charge is 2.19. The molecule has 7 heteroatoms. The first kappa shape index (κ1) is 19.4. The van der Waals surface area contributed by atoms with Gasteiger partial charge in [-0.15, -0.1) is 0 Å². The maximum atomic E-state index is 12.2. The van der Waals surface area contributed by atoms with Crippen LogP contribution in [-0.2, 0) is 20.7 Å². The van der Waals surface area contributed by atoms with Crippen LogP contribution < -0.4 is 5.32 Å². The second-order valence-electron chi connectivity index (χ2n) is 6.06. The second kappa shape index (κ2) is 8.42. The zero-order valence-electron chi connectivity index (χ0n) is 15.3. The largest absolute Gasteiger partial charge is 0.453 e. The minimum absolute atomic E-state index is 0.0973. The van der Waals surface area contributed by atoms with Crippen molar-refractivity contribution in [3.05, 3.63) is 46.8 Å². The SMILES string of the molecule is CC(=O)c1cccc(NC(=O)[C@H](C)OC(=O)CCc2c(C)noc2C)c1. The van der Waals surface area contributed by atoms with Crippen molar-refractivity contribution >= 4 is 23.3 Å². The zero-order chi connectivity index (χ0) is 19.3. The van der Waals surface area contributed by atoms with Crippen LogP contribution in [0.25, 0.3) is 0 Å². The summed E-state index contributed by atoms with van der Waals surface area (Å²) in [5, 5.41) is 6.47. The van der Waals surface area contributed by atoms with Crippen LogP contribution >= 0.6 is 0 Å². The number of carbonyl (C=O) groups excluding carboxylic acids is 3. The quantitative estimate of drug-likeness (QED) is 0.603.